The molecular formula is C13H14BrFN2O. The van der Waals surface area contributed by atoms with Crippen molar-refractivity contribution in [2.75, 3.05) is 0 Å². The van der Waals surface area contributed by atoms with Crippen LogP contribution in [-0.4, -0.2) is 14.9 Å². The second-order valence-electron chi connectivity index (χ2n) is 4.25. The molecule has 0 radical (unpaired) electrons. The minimum absolute atomic E-state index is 0.253. The molecule has 0 amide bonds. The number of aliphatic hydroxyl groups is 1. The molecule has 0 aliphatic carbocycles. The van der Waals surface area contributed by atoms with Crippen LogP contribution in [0.2, 0.25) is 0 Å². The monoisotopic (exact) mass is 312 g/mol. The van der Waals surface area contributed by atoms with Crippen molar-refractivity contribution in [1.29, 1.82) is 0 Å². The zero-order valence-corrected chi connectivity index (χ0v) is 12.0. The summed E-state index contributed by atoms with van der Waals surface area (Å²) in [5.74, 6) is -0.437. The second-order valence-corrected chi connectivity index (χ2v) is 5.11. The highest BCUT2D eigenvalue weighted by Gasteiger charge is 2.22. The summed E-state index contributed by atoms with van der Waals surface area (Å²) in [6, 6.07) is 4.89. The molecule has 1 unspecified atom stereocenters. The molecule has 0 saturated carbocycles. The van der Waals surface area contributed by atoms with Crippen LogP contribution in [-0.2, 0) is 7.05 Å². The maximum absolute atomic E-state index is 14.0. The number of benzene rings is 1. The normalized spacial score (nSPS) is 12.8. The van der Waals surface area contributed by atoms with Gasteiger partial charge in [-0.2, -0.15) is 5.10 Å². The SMILES string of the molecule is Cc1nn(C)c(C)c1C(O)c1cccc(Br)c1F. The molecule has 0 saturated heterocycles. The van der Waals surface area contributed by atoms with E-state index in [2.05, 4.69) is 21.0 Å². The fourth-order valence-corrected chi connectivity index (χ4v) is 2.45. The van der Waals surface area contributed by atoms with Gasteiger partial charge in [-0.3, -0.25) is 4.68 Å². The summed E-state index contributed by atoms with van der Waals surface area (Å²) in [6.07, 6.45) is -1.00. The first-order chi connectivity index (χ1) is 8.43. The molecule has 0 spiro atoms. The summed E-state index contributed by atoms with van der Waals surface area (Å²) in [6.45, 7) is 3.66. The minimum Gasteiger partial charge on any atom is -0.383 e. The van der Waals surface area contributed by atoms with E-state index in [1.165, 1.54) is 0 Å². The van der Waals surface area contributed by atoms with E-state index >= 15 is 0 Å². The number of rotatable bonds is 2. The number of aliphatic hydroxyl groups excluding tert-OH is 1. The standard InChI is InChI=1S/C13H14BrFN2O/c1-7-11(8(2)17(3)16-7)13(18)9-5-4-6-10(14)12(9)15/h4-6,13,18H,1-3H3. The molecule has 0 aliphatic rings. The van der Waals surface area contributed by atoms with Gasteiger partial charge in [0.25, 0.3) is 0 Å². The van der Waals surface area contributed by atoms with Gasteiger partial charge >= 0.3 is 0 Å². The third-order valence-electron chi connectivity index (χ3n) is 3.11. The van der Waals surface area contributed by atoms with E-state index in [1.807, 2.05) is 6.92 Å². The first kappa shape index (κ1) is 13.2. The van der Waals surface area contributed by atoms with Gasteiger partial charge in [0.15, 0.2) is 0 Å². The molecule has 3 nitrogen and oxygen atoms in total. The first-order valence-corrected chi connectivity index (χ1v) is 6.34. The molecule has 18 heavy (non-hydrogen) atoms. The lowest BCUT2D eigenvalue weighted by molar-refractivity contribution is 0.213. The van der Waals surface area contributed by atoms with Gasteiger partial charge in [0, 0.05) is 23.9 Å². The summed E-state index contributed by atoms with van der Waals surface area (Å²) in [7, 11) is 1.80. The maximum Gasteiger partial charge on any atom is 0.143 e. The number of nitrogens with zero attached hydrogens (tertiary/aromatic N) is 2. The van der Waals surface area contributed by atoms with E-state index in [0.29, 0.717) is 15.7 Å². The van der Waals surface area contributed by atoms with Crippen molar-refractivity contribution in [3.05, 3.63) is 51.0 Å². The summed E-state index contributed by atoms with van der Waals surface area (Å²) in [5, 5.41) is 14.6. The topological polar surface area (TPSA) is 38.0 Å². The molecule has 1 aromatic carbocycles. The van der Waals surface area contributed by atoms with E-state index < -0.39 is 11.9 Å². The van der Waals surface area contributed by atoms with Gasteiger partial charge < -0.3 is 5.11 Å². The fraction of sp³-hybridized carbons (Fsp3) is 0.308. The van der Waals surface area contributed by atoms with E-state index in [0.717, 1.165) is 5.69 Å². The molecule has 1 heterocycles. The van der Waals surface area contributed by atoms with Gasteiger partial charge in [0.05, 0.1) is 10.2 Å². The van der Waals surface area contributed by atoms with Crippen LogP contribution in [0.4, 0.5) is 4.39 Å². The zero-order chi connectivity index (χ0) is 13.4. The molecule has 0 aliphatic heterocycles. The molecule has 1 aromatic heterocycles. The van der Waals surface area contributed by atoms with Gasteiger partial charge in [0.2, 0.25) is 0 Å². The second kappa shape index (κ2) is 4.82. The highest BCUT2D eigenvalue weighted by atomic mass is 79.9. The van der Waals surface area contributed by atoms with Crippen molar-refractivity contribution in [2.45, 2.75) is 20.0 Å². The number of aromatic nitrogens is 2. The Hall–Kier alpha value is -1.20. The molecule has 0 fully saturated rings. The molecule has 1 N–H and O–H groups in total. The lowest BCUT2D eigenvalue weighted by Crippen LogP contribution is -2.05. The van der Waals surface area contributed by atoms with Gasteiger partial charge in [0.1, 0.15) is 11.9 Å². The number of aryl methyl sites for hydroxylation is 2. The molecular weight excluding hydrogens is 299 g/mol. The Kier molecular flexibility index (Phi) is 3.54. The minimum atomic E-state index is -1.00. The van der Waals surface area contributed by atoms with Crippen LogP contribution < -0.4 is 0 Å². The molecule has 2 aromatic rings. The first-order valence-electron chi connectivity index (χ1n) is 5.55. The lowest BCUT2D eigenvalue weighted by Gasteiger charge is -2.13. The zero-order valence-electron chi connectivity index (χ0n) is 10.4. The van der Waals surface area contributed by atoms with Crippen LogP contribution in [0.1, 0.15) is 28.6 Å². The van der Waals surface area contributed by atoms with Crippen molar-refractivity contribution in [1.82, 2.24) is 9.78 Å². The highest BCUT2D eigenvalue weighted by molar-refractivity contribution is 9.10. The van der Waals surface area contributed by atoms with Crippen molar-refractivity contribution in [3.63, 3.8) is 0 Å². The largest absolute Gasteiger partial charge is 0.383 e. The Morgan fingerprint density at radius 2 is 2.06 bits per heavy atom. The molecule has 5 heteroatoms. The molecule has 0 bridgehead atoms. The van der Waals surface area contributed by atoms with Crippen molar-refractivity contribution < 1.29 is 9.50 Å². The third-order valence-corrected chi connectivity index (χ3v) is 3.73. The van der Waals surface area contributed by atoms with Crippen LogP contribution in [0.3, 0.4) is 0 Å². The molecule has 2 rings (SSSR count). The molecule has 1 atom stereocenters. The van der Waals surface area contributed by atoms with E-state index in [1.54, 1.807) is 36.9 Å². The summed E-state index contributed by atoms with van der Waals surface area (Å²) in [5.41, 5.74) is 2.46. The average molecular weight is 313 g/mol. The fourth-order valence-electron chi connectivity index (χ4n) is 2.07. The summed E-state index contributed by atoms with van der Waals surface area (Å²) < 4.78 is 16.0. The van der Waals surface area contributed by atoms with E-state index in [-0.39, 0.29) is 5.56 Å². The predicted molar refractivity (Wildman–Crippen MR) is 70.8 cm³/mol. The summed E-state index contributed by atoms with van der Waals surface area (Å²) >= 11 is 3.12. The number of halogens is 2. The quantitative estimate of drug-likeness (QED) is 0.925. The van der Waals surface area contributed by atoms with Crippen molar-refractivity contribution >= 4 is 15.9 Å². The third kappa shape index (κ3) is 2.08. The Bertz CT molecular complexity index is 595. The average Bonchev–Trinajstić information content (AvgIpc) is 2.56. The van der Waals surface area contributed by atoms with E-state index in [9.17, 15) is 9.50 Å². The van der Waals surface area contributed by atoms with Gasteiger partial charge in [-0.1, -0.05) is 12.1 Å². The van der Waals surface area contributed by atoms with Gasteiger partial charge in [-0.05, 0) is 35.8 Å². The van der Waals surface area contributed by atoms with Gasteiger partial charge in [-0.25, -0.2) is 4.39 Å². The van der Waals surface area contributed by atoms with Crippen molar-refractivity contribution in [2.24, 2.45) is 7.05 Å². The van der Waals surface area contributed by atoms with Crippen LogP contribution in [0.5, 0.6) is 0 Å². The highest BCUT2D eigenvalue weighted by Crippen LogP contribution is 2.31. The Morgan fingerprint density at radius 1 is 1.39 bits per heavy atom. The van der Waals surface area contributed by atoms with Crippen LogP contribution in [0, 0.1) is 19.7 Å². The molecule has 96 valence electrons. The Morgan fingerprint density at radius 3 is 2.61 bits per heavy atom. The lowest BCUT2D eigenvalue weighted by atomic mass is 9.99. The van der Waals surface area contributed by atoms with Crippen LogP contribution in [0.25, 0.3) is 0 Å². The number of hydrogen-bond donors (Lipinski definition) is 1. The van der Waals surface area contributed by atoms with Gasteiger partial charge in [-0.15, -0.1) is 0 Å². The van der Waals surface area contributed by atoms with Crippen LogP contribution >= 0.6 is 15.9 Å². The maximum atomic E-state index is 14.0. The van der Waals surface area contributed by atoms with Crippen LogP contribution in [0.15, 0.2) is 22.7 Å². The number of hydrogen-bond acceptors (Lipinski definition) is 2. The summed E-state index contributed by atoms with van der Waals surface area (Å²) in [4.78, 5) is 0. The smallest absolute Gasteiger partial charge is 0.143 e. The Balaban J connectivity index is 2.54. The van der Waals surface area contributed by atoms with Crippen molar-refractivity contribution in [3.8, 4) is 0 Å². The Labute approximate surface area is 113 Å². The predicted octanol–water partition coefficient (Wildman–Crippen LogP) is 3.02. The van der Waals surface area contributed by atoms with E-state index in [4.69, 9.17) is 0 Å².